The Morgan fingerprint density at radius 3 is 3.00 bits per heavy atom. The highest BCUT2D eigenvalue weighted by Gasteiger charge is 2.26. The Morgan fingerprint density at radius 1 is 1.36 bits per heavy atom. The van der Waals surface area contributed by atoms with E-state index >= 15 is 0 Å². The van der Waals surface area contributed by atoms with E-state index in [1.54, 1.807) is 6.33 Å². The lowest BCUT2D eigenvalue weighted by molar-refractivity contribution is -0.138. The first-order valence-electron chi connectivity index (χ1n) is 8.78. The molecule has 2 aromatic rings. The minimum absolute atomic E-state index is 0.0553. The number of amides is 1. The second-order valence-corrected chi connectivity index (χ2v) is 6.15. The number of morpholine rings is 1. The molecule has 2 heterocycles. The molecule has 7 heteroatoms. The predicted octanol–water partition coefficient (Wildman–Crippen LogP) is 0.858. The second kappa shape index (κ2) is 8.73. The van der Waals surface area contributed by atoms with Crippen molar-refractivity contribution in [1.29, 1.82) is 0 Å². The van der Waals surface area contributed by atoms with E-state index in [-0.39, 0.29) is 5.91 Å². The number of hydrogen-bond acceptors (Lipinski definition) is 5. The molecule has 134 valence electrons. The average Bonchev–Trinajstić information content (AvgIpc) is 3.10. The summed E-state index contributed by atoms with van der Waals surface area (Å²) in [7, 11) is 0. The van der Waals surface area contributed by atoms with Gasteiger partial charge in [0.1, 0.15) is 18.3 Å². The lowest BCUT2D eigenvalue weighted by atomic mass is 10.2. The molecule has 3 rings (SSSR count). The molecule has 1 aliphatic rings. The van der Waals surface area contributed by atoms with E-state index in [0.717, 1.165) is 25.5 Å². The van der Waals surface area contributed by atoms with Gasteiger partial charge in [0, 0.05) is 39.1 Å². The zero-order valence-electron chi connectivity index (χ0n) is 14.6. The van der Waals surface area contributed by atoms with Crippen molar-refractivity contribution in [1.82, 2.24) is 25.0 Å². The summed E-state index contributed by atoms with van der Waals surface area (Å²) in [5.41, 5.74) is 1.25. The quantitative estimate of drug-likeness (QED) is 0.807. The van der Waals surface area contributed by atoms with Gasteiger partial charge in [-0.15, -0.1) is 10.2 Å². The predicted molar refractivity (Wildman–Crippen MR) is 93.9 cm³/mol. The average molecular weight is 343 g/mol. The molecule has 0 radical (unpaired) electrons. The highest BCUT2D eigenvalue weighted by atomic mass is 16.5. The maximum absolute atomic E-state index is 12.4. The molecule has 7 nitrogen and oxygen atoms in total. The third kappa shape index (κ3) is 4.87. The fourth-order valence-corrected chi connectivity index (χ4v) is 2.99. The van der Waals surface area contributed by atoms with Crippen LogP contribution in [0.5, 0.6) is 0 Å². The van der Waals surface area contributed by atoms with Crippen molar-refractivity contribution in [2.45, 2.75) is 32.5 Å². The third-order valence-electron chi connectivity index (χ3n) is 4.38. The molecule has 0 aliphatic carbocycles. The summed E-state index contributed by atoms with van der Waals surface area (Å²) in [5, 5.41) is 10.9. The summed E-state index contributed by atoms with van der Waals surface area (Å²) >= 11 is 0. The summed E-state index contributed by atoms with van der Waals surface area (Å²) in [5.74, 6) is 0.832. The van der Waals surface area contributed by atoms with Gasteiger partial charge in [-0.3, -0.25) is 9.69 Å². The molecule has 1 saturated heterocycles. The summed E-state index contributed by atoms with van der Waals surface area (Å²) < 4.78 is 7.63. The molecule has 0 spiro atoms. The number of aromatic nitrogens is 3. The minimum Gasteiger partial charge on any atom is -0.366 e. The fourth-order valence-electron chi connectivity index (χ4n) is 2.99. The molecule has 0 bridgehead atoms. The van der Waals surface area contributed by atoms with Crippen LogP contribution in [0, 0.1) is 0 Å². The minimum atomic E-state index is -0.415. The first kappa shape index (κ1) is 17.6. The van der Waals surface area contributed by atoms with Crippen LogP contribution < -0.4 is 5.32 Å². The Balaban J connectivity index is 1.45. The SMILES string of the molecule is CCn1cnnc1CCNC(=O)C1CN(Cc2ccccc2)CCO1. The number of benzene rings is 1. The van der Waals surface area contributed by atoms with Crippen LogP contribution in [-0.2, 0) is 29.0 Å². The smallest absolute Gasteiger partial charge is 0.250 e. The molecule has 1 aromatic heterocycles. The van der Waals surface area contributed by atoms with Gasteiger partial charge >= 0.3 is 0 Å². The standard InChI is InChI=1S/C18H25N5O2/c1-2-23-14-20-21-17(23)8-9-19-18(24)16-13-22(10-11-25-16)12-15-6-4-3-5-7-15/h3-7,14,16H,2,8-13H2,1H3,(H,19,24). The molecule has 1 aliphatic heterocycles. The summed E-state index contributed by atoms with van der Waals surface area (Å²) in [4.78, 5) is 14.6. The number of hydrogen-bond donors (Lipinski definition) is 1. The van der Waals surface area contributed by atoms with Gasteiger partial charge in [-0.1, -0.05) is 30.3 Å². The van der Waals surface area contributed by atoms with Crippen molar-refractivity contribution in [3.05, 3.63) is 48.0 Å². The van der Waals surface area contributed by atoms with Crippen LogP contribution >= 0.6 is 0 Å². The topological polar surface area (TPSA) is 72.3 Å². The van der Waals surface area contributed by atoms with Crippen molar-refractivity contribution in [2.24, 2.45) is 0 Å². The molecule has 1 fully saturated rings. The maximum Gasteiger partial charge on any atom is 0.250 e. The van der Waals surface area contributed by atoms with Crippen LogP contribution in [-0.4, -0.2) is 57.9 Å². The van der Waals surface area contributed by atoms with Gasteiger partial charge in [0.25, 0.3) is 0 Å². The number of carbonyl (C=O) groups excluding carboxylic acids is 1. The van der Waals surface area contributed by atoms with Crippen molar-refractivity contribution < 1.29 is 9.53 Å². The normalized spacial score (nSPS) is 18.2. The van der Waals surface area contributed by atoms with E-state index in [2.05, 4.69) is 32.5 Å². The van der Waals surface area contributed by atoms with Gasteiger partial charge in [-0.25, -0.2) is 0 Å². The van der Waals surface area contributed by atoms with Crippen molar-refractivity contribution in [3.63, 3.8) is 0 Å². The monoisotopic (exact) mass is 343 g/mol. The van der Waals surface area contributed by atoms with Gasteiger partial charge in [-0.2, -0.15) is 0 Å². The summed E-state index contributed by atoms with van der Waals surface area (Å²) in [6.45, 7) is 6.29. The Labute approximate surface area is 148 Å². The van der Waals surface area contributed by atoms with Gasteiger partial charge in [0.15, 0.2) is 0 Å². The van der Waals surface area contributed by atoms with Gasteiger partial charge in [0.05, 0.1) is 6.61 Å². The number of ether oxygens (including phenoxy) is 1. The number of rotatable bonds is 7. The Morgan fingerprint density at radius 2 is 2.20 bits per heavy atom. The highest BCUT2D eigenvalue weighted by Crippen LogP contribution is 2.10. The molecule has 1 amide bonds. The van der Waals surface area contributed by atoms with Crippen LogP contribution in [0.3, 0.4) is 0 Å². The lowest BCUT2D eigenvalue weighted by Gasteiger charge is -2.32. The Bertz CT molecular complexity index is 673. The van der Waals surface area contributed by atoms with Crippen LogP contribution in [0.2, 0.25) is 0 Å². The Hall–Kier alpha value is -2.25. The first-order chi connectivity index (χ1) is 12.3. The van der Waals surface area contributed by atoms with Gasteiger partial charge < -0.3 is 14.6 Å². The Kier molecular flexibility index (Phi) is 6.14. The zero-order valence-corrected chi connectivity index (χ0v) is 14.6. The van der Waals surface area contributed by atoms with Crippen molar-refractivity contribution in [2.75, 3.05) is 26.2 Å². The molecule has 1 atom stereocenters. The van der Waals surface area contributed by atoms with E-state index in [9.17, 15) is 4.79 Å². The molecule has 25 heavy (non-hydrogen) atoms. The number of nitrogens with zero attached hydrogens (tertiary/aromatic N) is 4. The highest BCUT2D eigenvalue weighted by molar-refractivity contribution is 5.81. The van der Waals surface area contributed by atoms with Crippen LogP contribution in [0.15, 0.2) is 36.7 Å². The number of nitrogens with one attached hydrogen (secondary N) is 1. The van der Waals surface area contributed by atoms with Gasteiger partial charge in [-0.05, 0) is 12.5 Å². The molecular formula is C18H25N5O2. The van der Waals surface area contributed by atoms with E-state index in [0.29, 0.717) is 26.1 Å². The fraction of sp³-hybridized carbons (Fsp3) is 0.500. The van der Waals surface area contributed by atoms with Crippen molar-refractivity contribution >= 4 is 5.91 Å². The van der Waals surface area contributed by atoms with Gasteiger partial charge in [0.2, 0.25) is 5.91 Å². The summed E-state index contributed by atoms with van der Waals surface area (Å²) in [6, 6.07) is 10.3. The van der Waals surface area contributed by atoms with Crippen LogP contribution in [0.1, 0.15) is 18.3 Å². The van der Waals surface area contributed by atoms with Crippen LogP contribution in [0.4, 0.5) is 0 Å². The second-order valence-electron chi connectivity index (χ2n) is 6.15. The molecular weight excluding hydrogens is 318 g/mol. The third-order valence-corrected chi connectivity index (χ3v) is 4.38. The van der Waals surface area contributed by atoms with E-state index < -0.39 is 6.10 Å². The molecule has 1 N–H and O–H groups in total. The zero-order chi connectivity index (χ0) is 17.5. The number of carbonyl (C=O) groups is 1. The van der Waals surface area contributed by atoms with E-state index in [1.165, 1.54) is 5.56 Å². The summed E-state index contributed by atoms with van der Waals surface area (Å²) in [6.07, 6.45) is 1.96. The number of aryl methyl sites for hydroxylation is 1. The molecule has 0 saturated carbocycles. The van der Waals surface area contributed by atoms with E-state index in [4.69, 9.17) is 4.74 Å². The molecule has 1 unspecified atom stereocenters. The maximum atomic E-state index is 12.4. The first-order valence-corrected chi connectivity index (χ1v) is 8.78. The lowest BCUT2D eigenvalue weighted by Crippen LogP contribution is -2.49. The van der Waals surface area contributed by atoms with Crippen molar-refractivity contribution in [3.8, 4) is 0 Å². The van der Waals surface area contributed by atoms with Crippen LogP contribution in [0.25, 0.3) is 0 Å². The molecule has 1 aromatic carbocycles. The van der Waals surface area contributed by atoms with E-state index in [1.807, 2.05) is 29.7 Å². The largest absolute Gasteiger partial charge is 0.366 e.